The molecule has 0 aromatic heterocycles. The summed E-state index contributed by atoms with van der Waals surface area (Å²) >= 11 is 0. The quantitative estimate of drug-likeness (QED) is 0.302. The summed E-state index contributed by atoms with van der Waals surface area (Å²) in [7, 11) is 9.43. The summed E-state index contributed by atoms with van der Waals surface area (Å²) in [6.07, 6.45) is 0. The first-order chi connectivity index (χ1) is 3.64. The smallest absolute Gasteiger partial charge is 0.0789 e. The van der Waals surface area contributed by atoms with E-state index < -0.39 is 0 Å². The molecule has 1 aliphatic rings. The topological polar surface area (TPSA) is 0 Å². The van der Waals surface area contributed by atoms with Crippen LogP contribution in [0, 0.1) is 0 Å². The molecule has 0 amide bonds. The molecule has 0 spiro atoms. The van der Waals surface area contributed by atoms with Crippen molar-refractivity contribution in [3.8, 4) is 0 Å². The van der Waals surface area contributed by atoms with Crippen LogP contribution in [0.1, 0.15) is 0 Å². The Kier molecular flexibility index (Phi) is 1.51. The molecule has 0 saturated heterocycles. The van der Waals surface area contributed by atoms with Gasteiger partial charge in [0.2, 0.25) is 0 Å². The molecule has 0 radical (unpaired) electrons. The van der Waals surface area contributed by atoms with Gasteiger partial charge < -0.3 is 0 Å². The van der Waals surface area contributed by atoms with Crippen LogP contribution in [0.3, 0.4) is 0 Å². The molecule has 1 aliphatic carbocycles. The van der Waals surface area contributed by atoms with Crippen molar-refractivity contribution in [2.24, 2.45) is 0 Å². The van der Waals surface area contributed by atoms with Gasteiger partial charge in [-0.15, -0.1) is 0 Å². The highest BCUT2D eigenvalue weighted by Crippen LogP contribution is 2.56. The molecule has 4 heteroatoms. The zero-order valence-electron chi connectivity index (χ0n) is 6.31. The molecule has 0 aromatic carbocycles. The van der Waals surface area contributed by atoms with Gasteiger partial charge in [-0.2, -0.15) is 0 Å². The van der Waals surface area contributed by atoms with Crippen molar-refractivity contribution in [1.29, 1.82) is 0 Å². The number of hydrogen-bond acceptors (Lipinski definition) is 0. The maximum atomic E-state index is 2.36. The molecule has 1 fully saturated rings. The van der Waals surface area contributed by atoms with E-state index in [1.807, 2.05) is 0 Å². The van der Waals surface area contributed by atoms with Gasteiger partial charge in [-0.3, -0.25) is 0 Å². The molecule has 0 bridgehead atoms. The summed E-state index contributed by atoms with van der Waals surface area (Å²) in [6.45, 7) is 0. The standard InChI is InChI=1S/C4H12B4/c5-1-2(6)4(8)3(1)7/h1-4H,5-8H2. The summed E-state index contributed by atoms with van der Waals surface area (Å²) in [5.41, 5.74) is 0. The minimum atomic E-state index is 0.977. The van der Waals surface area contributed by atoms with E-state index >= 15 is 0 Å². The average Bonchev–Trinajstić information content (AvgIpc) is 1.83. The van der Waals surface area contributed by atoms with Gasteiger partial charge in [0.25, 0.3) is 0 Å². The van der Waals surface area contributed by atoms with Crippen LogP contribution in [-0.4, -0.2) is 31.4 Å². The second-order valence-corrected chi connectivity index (χ2v) is 3.44. The van der Waals surface area contributed by atoms with Gasteiger partial charge in [-0.05, 0) is 0 Å². The van der Waals surface area contributed by atoms with Crippen molar-refractivity contribution in [1.82, 2.24) is 0 Å². The predicted octanol–water partition coefficient (Wildman–Crippen LogP) is -2.31. The van der Waals surface area contributed by atoms with Crippen molar-refractivity contribution in [2.45, 2.75) is 23.3 Å². The van der Waals surface area contributed by atoms with Crippen molar-refractivity contribution in [3.63, 3.8) is 0 Å². The van der Waals surface area contributed by atoms with Crippen molar-refractivity contribution in [3.05, 3.63) is 0 Å². The van der Waals surface area contributed by atoms with Gasteiger partial charge in [0.1, 0.15) is 31.4 Å². The molecule has 0 N–H and O–H groups in total. The van der Waals surface area contributed by atoms with E-state index in [0.29, 0.717) is 0 Å². The Morgan fingerprint density at radius 1 is 0.500 bits per heavy atom. The molecule has 1 saturated carbocycles. The molecule has 8 heavy (non-hydrogen) atoms. The Labute approximate surface area is 55.4 Å². The van der Waals surface area contributed by atoms with Crippen LogP contribution in [0.2, 0.25) is 23.3 Å². The fourth-order valence-corrected chi connectivity index (χ4v) is 1.77. The Morgan fingerprint density at radius 2 is 0.625 bits per heavy atom. The Hall–Kier alpha value is 0.260. The normalized spacial score (nSPS) is 55.0. The lowest BCUT2D eigenvalue weighted by atomic mass is 9.34. The fourth-order valence-electron chi connectivity index (χ4n) is 1.77. The maximum Gasteiger partial charge on any atom is 0.104 e. The first-order valence-electron chi connectivity index (χ1n) is 3.64. The molecule has 0 aromatic rings. The summed E-state index contributed by atoms with van der Waals surface area (Å²) in [5.74, 6) is 3.91. The highest BCUT2D eigenvalue weighted by Gasteiger charge is 2.37. The second kappa shape index (κ2) is 1.89. The minimum Gasteiger partial charge on any atom is -0.0789 e. The van der Waals surface area contributed by atoms with Crippen LogP contribution in [-0.2, 0) is 0 Å². The van der Waals surface area contributed by atoms with E-state index in [0.717, 1.165) is 23.3 Å². The van der Waals surface area contributed by atoms with E-state index in [4.69, 9.17) is 0 Å². The number of rotatable bonds is 0. The van der Waals surface area contributed by atoms with Crippen LogP contribution < -0.4 is 0 Å². The SMILES string of the molecule is BC1C(B)C(B)C1B. The van der Waals surface area contributed by atoms with Crippen molar-refractivity contribution >= 4 is 31.4 Å². The van der Waals surface area contributed by atoms with E-state index in [1.54, 1.807) is 0 Å². The highest BCUT2D eigenvalue weighted by atomic mass is 14.3. The minimum absolute atomic E-state index is 0.977. The monoisotopic (exact) mass is 104 g/mol. The van der Waals surface area contributed by atoms with Crippen molar-refractivity contribution < 1.29 is 0 Å². The molecule has 1 rings (SSSR count). The van der Waals surface area contributed by atoms with Crippen LogP contribution >= 0.6 is 0 Å². The lowest BCUT2D eigenvalue weighted by Crippen LogP contribution is -2.30. The zero-order chi connectivity index (χ0) is 6.31. The Morgan fingerprint density at radius 3 is 0.750 bits per heavy atom. The summed E-state index contributed by atoms with van der Waals surface area (Å²) in [6, 6.07) is 0. The summed E-state index contributed by atoms with van der Waals surface area (Å²) in [4.78, 5) is 0. The lowest BCUT2D eigenvalue weighted by molar-refractivity contribution is 0.504. The zero-order valence-corrected chi connectivity index (χ0v) is 6.31. The van der Waals surface area contributed by atoms with Gasteiger partial charge in [0, 0.05) is 0 Å². The molecular weight excluding hydrogens is 91.3 g/mol. The third-order valence-corrected chi connectivity index (χ3v) is 3.32. The first-order valence-corrected chi connectivity index (χ1v) is 3.64. The molecule has 0 unspecified atom stereocenters. The first kappa shape index (κ1) is 6.38. The van der Waals surface area contributed by atoms with Gasteiger partial charge >= 0.3 is 0 Å². The van der Waals surface area contributed by atoms with Gasteiger partial charge in [-0.25, -0.2) is 0 Å². The van der Waals surface area contributed by atoms with Gasteiger partial charge in [-0.1, -0.05) is 23.3 Å². The van der Waals surface area contributed by atoms with E-state index in [2.05, 4.69) is 31.4 Å². The summed E-state index contributed by atoms with van der Waals surface area (Å²) < 4.78 is 0. The van der Waals surface area contributed by atoms with E-state index in [9.17, 15) is 0 Å². The van der Waals surface area contributed by atoms with Crippen LogP contribution in [0.15, 0.2) is 0 Å². The fraction of sp³-hybridized carbons (Fsp3) is 1.00. The summed E-state index contributed by atoms with van der Waals surface area (Å²) in [5, 5.41) is 0. The highest BCUT2D eigenvalue weighted by molar-refractivity contribution is 6.36. The molecule has 0 atom stereocenters. The molecule has 0 aliphatic heterocycles. The largest absolute Gasteiger partial charge is 0.104 e. The van der Waals surface area contributed by atoms with E-state index in [-0.39, 0.29) is 0 Å². The van der Waals surface area contributed by atoms with E-state index in [1.165, 1.54) is 0 Å². The van der Waals surface area contributed by atoms with Crippen LogP contribution in [0.25, 0.3) is 0 Å². The second-order valence-electron chi connectivity index (χ2n) is 3.44. The molecular formula is C4H12B4. The average molecular weight is 103 g/mol. The number of hydrogen-bond donors (Lipinski definition) is 0. The lowest BCUT2D eigenvalue weighted by Gasteiger charge is -2.47. The Balaban J connectivity index is 2.42. The van der Waals surface area contributed by atoms with Crippen molar-refractivity contribution in [2.75, 3.05) is 0 Å². The predicted molar refractivity (Wildman–Crippen MR) is 49.2 cm³/mol. The third-order valence-electron chi connectivity index (χ3n) is 3.32. The maximum absolute atomic E-state index is 2.36. The molecule has 0 heterocycles. The Bertz CT molecular complexity index is 62.0. The van der Waals surface area contributed by atoms with Gasteiger partial charge in [0.05, 0.1) is 0 Å². The van der Waals surface area contributed by atoms with Gasteiger partial charge in [0.15, 0.2) is 0 Å². The third kappa shape index (κ3) is 0.655. The van der Waals surface area contributed by atoms with Crippen LogP contribution in [0.5, 0.6) is 0 Å². The molecule has 0 nitrogen and oxygen atoms in total. The molecule has 40 valence electrons. The van der Waals surface area contributed by atoms with Crippen LogP contribution in [0.4, 0.5) is 0 Å².